The van der Waals surface area contributed by atoms with E-state index in [1.165, 1.54) is 12.3 Å². The molecule has 1 aromatic heterocycles. The van der Waals surface area contributed by atoms with Gasteiger partial charge in [0.05, 0.1) is 5.56 Å². The summed E-state index contributed by atoms with van der Waals surface area (Å²) in [6.45, 7) is 3.59. The molecule has 1 aromatic rings. The highest BCUT2D eigenvalue weighted by atomic mass is 79.9. The third-order valence-corrected chi connectivity index (χ3v) is 2.09. The molecule has 0 saturated carbocycles. The van der Waals surface area contributed by atoms with Gasteiger partial charge in [-0.1, -0.05) is 24.3 Å². The van der Waals surface area contributed by atoms with Crippen molar-refractivity contribution in [2.24, 2.45) is 0 Å². The Morgan fingerprint density at radius 3 is 3.14 bits per heavy atom. The van der Waals surface area contributed by atoms with Crippen LogP contribution in [0.5, 0.6) is 0 Å². The first-order chi connectivity index (χ1) is 6.65. The molecule has 0 spiro atoms. The Bertz CT molecular complexity index is 368. The topological polar surface area (TPSA) is 39.2 Å². The fourth-order valence-corrected chi connectivity index (χ4v) is 1.29. The molecule has 0 fully saturated rings. The average molecular weight is 277 g/mol. The van der Waals surface area contributed by atoms with Crippen LogP contribution in [0.25, 0.3) is 0 Å². The summed E-state index contributed by atoms with van der Waals surface area (Å²) in [6.07, 6.45) is 2.99. The van der Waals surface area contributed by atoms with E-state index in [0.29, 0.717) is 4.47 Å². The van der Waals surface area contributed by atoms with Crippen molar-refractivity contribution < 1.29 is 9.53 Å². The maximum absolute atomic E-state index is 11.4. The molecule has 0 aliphatic carbocycles. The largest absolute Gasteiger partial charge is 0.458 e. The Hall–Kier alpha value is -0.870. The molecule has 0 aromatic carbocycles. The van der Waals surface area contributed by atoms with Gasteiger partial charge >= 0.3 is 5.97 Å². The van der Waals surface area contributed by atoms with Crippen molar-refractivity contribution in [3.8, 4) is 0 Å². The van der Waals surface area contributed by atoms with E-state index in [1.54, 1.807) is 6.07 Å². The lowest BCUT2D eigenvalue weighted by molar-refractivity contribution is 0.0549. The lowest BCUT2D eigenvalue weighted by atomic mass is 10.3. The molecule has 0 aliphatic rings. The second kappa shape index (κ2) is 5.12. The van der Waals surface area contributed by atoms with Crippen molar-refractivity contribution in [3.63, 3.8) is 0 Å². The SMILES string of the molecule is C=CCOC(=O)c1cc(Br)cnc1Cl. The average Bonchev–Trinajstić information content (AvgIpc) is 2.18. The Morgan fingerprint density at radius 1 is 1.79 bits per heavy atom. The van der Waals surface area contributed by atoms with Crippen molar-refractivity contribution >= 4 is 33.5 Å². The Kier molecular flexibility index (Phi) is 4.10. The normalized spacial score (nSPS) is 9.57. The summed E-state index contributed by atoms with van der Waals surface area (Å²) in [5.74, 6) is -0.510. The van der Waals surface area contributed by atoms with E-state index in [2.05, 4.69) is 27.5 Å². The molecule has 5 heteroatoms. The van der Waals surface area contributed by atoms with Crippen LogP contribution < -0.4 is 0 Å². The zero-order valence-electron chi connectivity index (χ0n) is 7.17. The maximum Gasteiger partial charge on any atom is 0.341 e. The lowest BCUT2D eigenvalue weighted by Gasteiger charge is -2.03. The minimum atomic E-state index is -0.510. The second-order valence-electron chi connectivity index (χ2n) is 2.38. The van der Waals surface area contributed by atoms with Gasteiger partial charge in [0, 0.05) is 10.7 Å². The summed E-state index contributed by atoms with van der Waals surface area (Å²) in [6, 6.07) is 1.56. The van der Waals surface area contributed by atoms with Crippen LogP contribution in [0.1, 0.15) is 10.4 Å². The third kappa shape index (κ3) is 2.82. The second-order valence-corrected chi connectivity index (χ2v) is 3.65. The highest BCUT2D eigenvalue weighted by Gasteiger charge is 2.12. The van der Waals surface area contributed by atoms with Crippen molar-refractivity contribution in [1.29, 1.82) is 0 Å². The molecule has 0 unspecified atom stereocenters. The van der Waals surface area contributed by atoms with Crippen LogP contribution in [0.2, 0.25) is 5.15 Å². The van der Waals surface area contributed by atoms with Crippen LogP contribution in [-0.4, -0.2) is 17.6 Å². The van der Waals surface area contributed by atoms with Gasteiger partial charge in [0.2, 0.25) is 0 Å². The number of esters is 1. The van der Waals surface area contributed by atoms with Crippen LogP contribution >= 0.6 is 27.5 Å². The highest BCUT2D eigenvalue weighted by Crippen LogP contribution is 2.18. The summed E-state index contributed by atoms with van der Waals surface area (Å²) in [7, 11) is 0. The number of carbonyl (C=O) groups is 1. The third-order valence-electron chi connectivity index (χ3n) is 1.36. The fraction of sp³-hybridized carbons (Fsp3) is 0.111. The standard InChI is InChI=1S/C9H7BrClNO2/c1-2-3-14-9(13)7-4-6(10)5-12-8(7)11/h2,4-5H,1,3H2. The molecule has 0 bridgehead atoms. The van der Waals surface area contributed by atoms with E-state index in [-0.39, 0.29) is 17.3 Å². The van der Waals surface area contributed by atoms with Gasteiger partial charge in [-0.2, -0.15) is 0 Å². The molecular weight excluding hydrogens is 269 g/mol. The van der Waals surface area contributed by atoms with Crippen LogP contribution in [-0.2, 0) is 4.74 Å². The molecule has 74 valence electrons. The molecule has 0 amide bonds. The molecule has 3 nitrogen and oxygen atoms in total. The van der Waals surface area contributed by atoms with Crippen LogP contribution in [0, 0.1) is 0 Å². The van der Waals surface area contributed by atoms with Gasteiger partial charge in [0.15, 0.2) is 0 Å². The van der Waals surface area contributed by atoms with E-state index < -0.39 is 5.97 Å². The molecule has 0 radical (unpaired) electrons. The van der Waals surface area contributed by atoms with Crippen molar-refractivity contribution in [1.82, 2.24) is 4.98 Å². The van der Waals surface area contributed by atoms with Crippen LogP contribution in [0.15, 0.2) is 29.4 Å². The van der Waals surface area contributed by atoms with E-state index in [1.807, 2.05) is 0 Å². The Labute approximate surface area is 94.9 Å². The Morgan fingerprint density at radius 2 is 2.50 bits per heavy atom. The number of hydrogen-bond acceptors (Lipinski definition) is 3. The van der Waals surface area contributed by atoms with Gasteiger partial charge in [0.1, 0.15) is 11.8 Å². The summed E-state index contributed by atoms with van der Waals surface area (Å²) in [4.78, 5) is 15.2. The zero-order valence-corrected chi connectivity index (χ0v) is 9.51. The fourth-order valence-electron chi connectivity index (χ4n) is 0.778. The minimum Gasteiger partial charge on any atom is -0.458 e. The molecule has 1 rings (SSSR count). The Balaban J connectivity index is 2.88. The first kappa shape index (κ1) is 11.2. The number of aromatic nitrogens is 1. The number of carbonyl (C=O) groups excluding carboxylic acids is 1. The van der Waals surface area contributed by atoms with E-state index >= 15 is 0 Å². The number of rotatable bonds is 3. The van der Waals surface area contributed by atoms with Gasteiger partial charge in [-0.15, -0.1) is 0 Å². The molecule has 14 heavy (non-hydrogen) atoms. The maximum atomic E-state index is 11.4. The van der Waals surface area contributed by atoms with Gasteiger partial charge in [-0.05, 0) is 22.0 Å². The summed E-state index contributed by atoms with van der Waals surface area (Å²) >= 11 is 8.90. The van der Waals surface area contributed by atoms with Gasteiger partial charge < -0.3 is 4.74 Å². The van der Waals surface area contributed by atoms with Crippen molar-refractivity contribution in [2.75, 3.05) is 6.61 Å². The number of nitrogens with zero attached hydrogens (tertiary/aromatic N) is 1. The molecule has 0 aliphatic heterocycles. The minimum absolute atomic E-state index is 0.127. The highest BCUT2D eigenvalue weighted by molar-refractivity contribution is 9.10. The first-order valence-corrected chi connectivity index (χ1v) is 4.91. The van der Waals surface area contributed by atoms with Crippen LogP contribution in [0.4, 0.5) is 0 Å². The van der Waals surface area contributed by atoms with E-state index in [4.69, 9.17) is 16.3 Å². The smallest absolute Gasteiger partial charge is 0.341 e. The summed E-state index contributed by atoms with van der Waals surface area (Å²) in [5, 5.41) is 0.127. The molecule has 1 heterocycles. The number of halogens is 2. The molecule has 0 atom stereocenters. The van der Waals surface area contributed by atoms with E-state index in [0.717, 1.165) is 0 Å². The van der Waals surface area contributed by atoms with E-state index in [9.17, 15) is 4.79 Å². The first-order valence-electron chi connectivity index (χ1n) is 3.74. The quantitative estimate of drug-likeness (QED) is 0.484. The van der Waals surface area contributed by atoms with Crippen molar-refractivity contribution in [3.05, 3.63) is 40.1 Å². The number of ether oxygens (including phenoxy) is 1. The van der Waals surface area contributed by atoms with Crippen LogP contribution in [0.3, 0.4) is 0 Å². The molecule has 0 saturated heterocycles. The summed E-state index contributed by atoms with van der Waals surface area (Å²) < 4.78 is 5.48. The lowest BCUT2D eigenvalue weighted by Crippen LogP contribution is -2.06. The number of hydrogen-bond donors (Lipinski definition) is 0. The predicted octanol–water partition coefficient (Wildman–Crippen LogP) is 2.84. The van der Waals surface area contributed by atoms with Crippen molar-refractivity contribution in [2.45, 2.75) is 0 Å². The molecule has 0 N–H and O–H groups in total. The van der Waals surface area contributed by atoms with Gasteiger partial charge in [-0.3, -0.25) is 0 Å². The zero-order chi connectivity index (χ0) is 10.6. The molecular formula is C9H7BrClNO2. The summed E-state index contributed by atoms with van der Waals surface area (Å²) in [5.41, 5.74) is 0.239. The monoisotopic (exact) mass is 275 g/mol. The number of pyridine rings is 1. The predicted molar refractivity (Wildman–Crippen MR) is 57.4 cm³/mol. The van der Waals surface area contributed by atoms with Gasteiger partial charge in [-0.25, -0.2) is 9.78 Å². The van der Waals surface area contributed by atoms with Gasteiger partial charge in [0.25, 0.3) is 0 Å².